The van der Waals surface area contributed by atoms with Crippen LogP contribution in [0.2, 0.25) is 0 Å². The Morgan fingerprint density at radius 1 is 1.68 bits per heavy atom. The highest BCUT2D eigenvalue weighted by atomic mass is 35.5. The molecule has 0 bridgehead atoms. The van der Waals surface area contributed by atoms with Gasteiger partial charge in [0.2, 0.25) is 5.91 Å². The molecule has 19 heavy (non-hydrogen) atoms. The number of hydrogen-bond donors (Lipinski definition) is 2. The van der Waals surface area contributed by atoms with Gasteiger partial charge in [-0.3, -0.25) is 9.69 Å². The van der Waals surface area contributed by atoms with Crippen LogP contribution in [0.25, 0.3) is 0 Å². The second-order valence-electron chi connectivity index (χ2n) is 4.71. The Balaban J connectivity index is 0.00000180. The van der Waals surface area contributed by atoms with Crippen molar-refractivity contribution in [2.45, 2.75) is 26.3 Å². The topological polar surface area (TPSA) is 70.4 Å². The molecule has 0 aliphatic carbocycles. The fourth-order valence-corrected chi connectivity index (χ4v) is 2.09. The fourth-order valence-electron chi connectivity index (χ4n) is 2.09. The molecule has 1 amide bonds. The van der Waals surface area contributed by atoms with Gasteiger partial charge in [0.25, 0.3) is 0 Å². The van der Waals surface area contributed by atoms with E-state index in [2.05, 4.69) is 27.6 Å². The molecule has 6 nitrogen and oxygen atoms in total. The minimum Gasteiger partial charge on any atom is -0.360 e. The molecule has 1 aliphatic heterocycles. The third-order valence-corrected chi connectivity index (χ3v) is 3.16. The Hall–Kier alpha value is -1.11. The minimum absolute atomic E-state index is 0. The molecule has 1 aliphatic rings. The van der Waals surface area contributed by atoms with Crippen LogP contribution in [0.4, 0.5) is 5.82 Å². The summed E-state index contributed by atoms with van der Waals surface area (Å²) in [5.41, 5.74) is 0. The molecular formula is C12H21ClN4O2. The van der Waals surface area contributed by atoms with Crippen molar-refractivity contribution in [1.82, 2.24) is 15.4 Å². The van der Waals surface area contributed by atoms with E-state index in [-0.39, 0.29) is 18.3 Å². The third-order valence-electron chi connectivity index (χ3n) is 3.16. The van der Waals surface area contributed by atoms with Crippen LogP contribution in [0.5, 0.6) is 0 Å². The maximum atomic E-state index is 11.7. The summed E-state index contributed by atoms with van der Waals surface area (Å²) < 4.78 is 4.89. The van der Waals surface area contributed by atoms with Crippen molar-refractivity contribution in [2.24, 2.45) is 0 Å². The predicted octanol–water partition coefficient (Wildman–Crippen LogP) is 1.03. The number of anilines is 1. The van der Waals surface area contributed by atoms with Gasteiger partial charge in [-0.15, -0.1) is 12.4 Å². The van der Waals surface area contributed by atoms with Crippen molar-refractivity contribution < 1.29 is 9.32 Å². The number of nitrogens with one attached hydrogen (secondary N) is 2. The zero-order chi connectivity index (χ0) is 13.0. The monoisotopic (exact) mass is 288 g/mol. The average Bonchev–Trinajstić information content (AvgIpc) is 2.74. The van der Waals surface area contributed by atoms with Crippen molar-refractivity contribution >= 4 is 24.1 Å². The average molecular weight is 289 g/mol. The van der Waals surface area contributed by atoms with Gasteiger partial charge >= 0.3 is 0 Å². The zero-order valence-corrected chi connectivity index (χ0v) is 12.1. The number of nitrogens with zero attached hydrogens (tertiary/aromatic N) is 2. The maximum absolute atomic E-state index is 11.7. The molecule has 0 aromatic carbocycles. The number of hydrogen-bond acceptors (Lipinski definition) is 5. The Morgan fingerprint density at radius 3 is 3.11 bits per heavy atom. The van der Waals surface area contributed by atoms with Gasteiger partial charge in [-0.1, -0.05) is 5.16 Å². The molecule has 1 aromatic heterocycles. The number of halogens is 1. The van der Waals surface area contributed by atoms with Crippen LogP contribution in [0.15, 0.2) is 10.6 Å². The molecular weight excluding hydrogens is 268 g/mol. The Kier molecular flexibility index (Phi) is 6.27. The van der Waals surface area contributed by atoms with Crippen molar-refractivity contribution in [3.8, 4) is 0 Å². The number of piperazine rings is 1. The lowest BCUT2D eigenvalue weighted by Gasteiger charge is -2.33. The fraction of sp³-hybridized carbons (Fsp3) is 0.667. The largest absolute Gasteiger partial charge is 0.360 e. The summed E-state index contributed by atoms with van der Waals surface area (Å²) in [6, 6.07) is 2.20. The van der Waals surface area contributed by atoms with Crippen LogP contribution in [0, 0.1) is 6.92 Å². The first-order chi connectivity index (χ1) is 8.65. The van der Waals surface area contributed by atoms with Crippen molar-refractivity contribution in [3.05, 3.63) is 11.8 Å². The lowest BCUT2D eigenvalue weighted by atomic mass is 10.2. The molecule has 2 rings (SSSR count). The Bertz CT molecular complexity index is 410. The lowest BCUT2D eigenvalue weighted by Crippen LogP contribution is -2.50. The van der Waals surface area contributed by atoms with Crippen molar-refractivity contribution in [2.75, 3.05) is 31.5 Å². The summed E-state index contributed by atoms with van der Waals surface area (Å²) in [5.74, 6) is 1.17. The third kappa shape index (κ3) is 4.81. The van der Waals surface area contributed by atoms with Crippen molar-refractivity contribution in [1.29, 1.82) is 0 Å². The predicted molar refractivity (Wildman–Crippen MR) is 75.6 cm³/mol. The molecule has 1 fully saturated rings. The Labute approximate surface area is 119 Å². The van der Waals surface area contributed by atoms with E-state index >= 15 is 0 Å². The maximum Gasteiger partial charge on any atom is 0.226 e. The standard InChI is InChI=1S/C12H20N4O2.ClH/c1-9-8-13-4-6-16(9)5-3-12(17)14-11-7-10(2)18-15-11;/h7,9,13H,3-6,8H2,1-2H3,(H,14,15,17);1H/t9-;/m0./s1. The smallest absolute Gasteiger partial charge is 0.226 e. The van der Waals surface area contributed by atoms with Gasteiger partial charge < -0.3 is 15.2 Å². The highest BCUT2D eigenvalue weighted by molar-refractivity contribution is 5.89. The van der Waals surface area contributed by atoms with Gasteiger partial charge in [-0.25, -0.2) is 0 Å². The highest BCUT2D eigenvalue weighted by Crippen LogP contribution is 2.08. The minimum atomic E-state index is -0.0194. The normalized spacial score (nSPS) is 19.8. The quantitative estimate of drug-likeness (QED) is 0.866. The van der Waals surface area contributed by atoms with E-state index in [1.807, 2.05) is 0 Å². The van der Waals surface area contributed by atoms with Crippen LogP contribution in [-0.2, 0) is 4.79 Å². The SMILES string of the molecule is Cc1cc(NC(=O)CCN2CCNC[C@@H]2C)no1.Cl. The van der Waals surface area contributed by atoms with Crippen LogP contribution < -0.4 is 10.6 Å². The van der Waals surface area contributed by atoms with Gasteiger partial charge in [0.05, 0.1) is 0 Å². The van der Waals surface area contributed by atoms with Crippen LogP contribution in [0.3, 0.4) is 0 Å². The molecule has 1 aromatic rings. The van der Waals surface area contributed by atoms with E-state index in [0.717, 1.165) is 26.2 Å². The summed E-state index contributed by atoms with van der Waals surface area (Å²) in [4.78, 5) is 14.1. The van der Waals surface area contributed by atoms with E-state index in [4.69, 9.17) is 4.52 Å². The summed E-state index contributed by atoms with van der Waals surface area (Å²) in [6.45, 7) is 7.73. The molecule has 0 radical (unpaired) electrons. The van der Waals surface area contributed by atoms with Crippen LogP contribution >= 0.6 is 12.4 Å². The molecule has 2 N–H and O–H groups in total. The molecule has 2 heterocycles. The summed E-state index contributed by atoms with van der Waals surface area (Å²) in [6.07, 6.45) is 0.482. The summed E-state index contributed by atoms with van der Waals surface area (Å²) >= 11 is 0. The van der Waals surface area contributed by atoms with Crippen LogP contribution in [0.1, 0.15) is 19.1 Å². The first-order valence-corrected chi connectivity index (χ1v) is 6.33. The molecule has 7 heteroatoms. The molecule has 1 saturated heterocycles. The number of amides is 1. The van der Waals surface area contributed by atoms with Gasteiger partial charge in [0.15, 0.2) is 5.82 Å². The lowest BCUT2D eigenvalue weighted by molar-refractivity contribution is -0.116. The molecule has 0 unspecified atom stereocenters. The number of rotatable bonds is 4. The molecule has 0 saturated carbocycles. The summed E-state index contributed by atoms with van der Waals surface area (Å²) in [5, 5.41) is 9.80. The van der Waals surface area contributed by atoms with Crippen molar-refractivity contribution in [3.63, 3.8) is 0 Å². The second kappa shape index (κ2) is 7.47. The highest BCUT2D eigenvalue weighted by Gasteiger charge is 2.18. The number of carbonyl (C=O) groups excluding carboxylic acids is 1. The number of aryl methyl sites for hydroxylation is 1. The zero-order valence-electron chi connectivity index (χ0n) is 11.3. The first kappa shape index (κ1) is 15.9. The molecule has 108 valence electrons. The van der Waals surface area contributed by atoms with E-state index in [1.165, 1.54) is 0 Å². The van der Waals surface area contributed by atoms with Gasteiger partial charge in [0, 0.05) is 44.7 Å². The van der Waals surface area contributed by atoms with E-state index in [0.29, 0.717) is 24.0 Å². The number of aromatic nitrogens is 1. The van der Waals surface area contributed by atoms with E-state index in [9.17, 15) is 4.79 Å². The van der Waals surface area contributed by atoms with E-state index in [1.54, 1.807) is 13.0 Å². The number of carbonyl (C=O) groups is 1. The van der Waals surface area contributed by atoms with E-state index < -0.39 is 0 Å². The summed E-state index contributed by atoms with van der Waals surface area (Å²) in [7, 11) is 0. The van der Waals surface area contributed by atoms with Gasteiger partial charge in [-0.05, 0) is 13.8 Å². The van der Waals surface area contributed by atoms with Crippen LogP contribution in [-0.4, -0.2) is 48.2 Å². The first-order valence-electron chi connectivity index (χ1n) is 6.33. The molecule has 0 spiro atoms. The molecule has 1 atom stereocenters. The second-order valence-corrected chi connectivity index (χ2v) is 4.71. The van der Waals surface area contributed by atoms with Gasteiger partial charge in [0.1, 0.15) is 5.76 Å². The Morgan fingerprint density at radius 2 is 2.47 bits per heavy atom. The van der Waals surface area contributed by atoms with Gasteiger partial charge in [-0.2, -0.15) is 0 Å².